The van der Waals surface area contributed by atoms with Crippen molar-refractivity contribution in [2.24, 2.45) is 11.7 Å². The van der Waals surface area contributed by atoms with Gasteiger partial charge in [0.05, 0.1) is 0 Å². The third kappa shape index (κ3) is 4.77. The van der Waals surface area contributed by atoms with Gasteiger partial charge in [-0.2, -0.15) is 0 Å². The third-order valence-corrected chi connectivity index (χ3v) is 6.97. The number of hydrogen-bond acceptors (Lipinski definition) is 4. The van der Waals surface area contributed by atoms with Crippen LogP contribution in [0.15, 0.2) is 6.20 Å². The van der Waals surface area contributed by atoms with Crippen LogP contribution in [0.5, 0.6) is 0 Å². The Kier molecular flexibility index (Phi) is 6.92. The van der Waals surface area contributed by atoms with E-state index in [9.17, 15) is 4.79 Å². The summed E-state index contributed by atoms with van der Waals surface area (Å²) in [5, 5.41) is 3.77. The molecule has 0 radical (unpaired) electrons. The monoisotopic (exact) mass is 378 g/mol. The van der Waals surface area contributed by atoms with Gasteiger partial charge in [-0.1, -0.05) is 52.4 Å². The molecule has 146 valence electrons. The molecular weight excluding hydrogens is 344 g/mol. The number of hydrogen-bond donors (Lipinski definition) is 2. The Hall–Kier alpha value is -1.14. The highest BCUT2D eigenvalue weighted by Gasteiger charge is 2.33. The molecule has 2 aliphatic carbocycles. The number of carbonyl (C=O) groups is 1. The van der Waals surface area contributed by atoms with Crippen molar-refractivity contribution in [3.8, 4) is 0 Å². The molecule has 2 amide bonds. The first kappa shape index (κ1) is 19.6. The summed E-state index contributed by atoms with van der Waals surface area (Å²) < 4.78 is 0. The van der Waals surface area contributed by atoms with Gasteiger partial charge in [-0.05, 0) is 31.6 Å². The van der Waals surface area contributed by atoms with Crippen LogP contribution in [0.4, 0.5) is 9.93 Å². The van der Waals surface area contributed by atoms with Crippen LogP contribution in [-0.4, -0.2) is 28.0 Å². The van der Waals surface area contributed by atoms with E-state index in [2.05, 4.69) is 29.0 Å². The minimum absolute atomic E-state index is 0.0223. The van der Waals surface area contributed by atoms with Crippen molar-refractivity contribution in [1.29, 1.82) is 0 Å². The molecule has 0 saturated heterocycles. The van der Waals surface area contributed by atoms with Gasteiger partial charge in [-0.15, -0.1) is 11.3 Å². The average molecular weight is 379 g/mol. The second-order valence-corrected chi connectivity index (χ2v) is 9.32. The van der Waals surface area contributed by atoms with Crippen molar-refractivity contribution in [2.75, 3.05) is 5.32 Å². The lowest BCUT2D eigenvalue weighted by molar-refractivity contribution is 0.114. The molecule has 0 aliphatic heterocycles. The van der Waals surface area contributed by atoms with Gasteiger partial charge in [0.1, 0.15) is 0 Å². The van der Waals surface area contributed by atoms with E-state index in [1.807, 2.05) is 6.20 Å². The zero-order valence-electron chi connectivity index (χ0n) is 16.2. The van der Waals surface area contributed by atoms with Crippen LogP contribution in [0.3, 0.4) is 0 Å². The van der Waals surface area contributed by atoms with Crippen molar-refractivity contribution in [3.63, 3.8) is 0 Å². The second-order valence-electron chi connectivity index (χ2n) is 8.26. The lowest BCUT2D eigenvalue weighted by Crippen LogP contribution is -2.50. The van der Waals surface area contributed by atoms with Gasteiger partial charge in [0.25, 0.3) is 0 Å². The predicted molar refractivity (Wildman–Crippen MR) is 108 cm³/mol. The molecule has 2 aliphatic rings. The maximum absolute atomic E-state index is 13.2. The summed E-state index contributed by atoms with van der Waals surface area (Å²) in [5.41, 5.74) is 6.22. The first-order chi connectivity index (χ1) is 12.6. The van der Waals surface area contributed by atoms with Crippen LogP contribution in [0, 0.1) is 5.92 Å². The van der Waals surface area contributed by atoms with E-state index in [0.717, 1.165) is 30.6 Å². The molecule has 0 bridgehead atoms. The normalized spacial score (nSPS) is 20.9. The summed E-state index contributed by atoms with van der Waals surface area (Å²) in [7, 11) is 0. The number of carbonyl (C=O) groups excluding carboxylic acids is 1. The number of aromatic nitrogens is 1. The molecular formula is C20H34N4OS. The highest BCUT2D eigenvalue weighted by molar-refractivity contribution is 7.15. The molecule has 3 rings (SSSR count). The zero-order chi connectivity index (χ0) is 18.5. The first-order valence-corrected chi connectivity index (χ1v) is 11.2. The van der Waals surface area contributed by atoms with E-state index < -0.39 is 0 Å². The quantitative estimate of drug-likeness (QED) is 0.730. The zero-order valence-corrected chi connectivity index (χ0v) is 17.1. The van der Waals surface area contributed by atoms with E-state index in [4.69, 9.17) is 5.73 Å². The van der Waals surface area contributed by atoms with Crippen LogP contribution < -0.4 is 11.1 Å². The van der Waals surface area contributed by atoms with Gasteiger partial charge < -0.3 is 10.6 Å². The Morgan fingerprint density at radius 1 is 1.12 bits per heavy atom. The van der Waals surface area contributed by atoms with Crippen molar-refractivity contribution in [1.82, 2.24) is 9.88 Å². The molecule has 0 aromatic carbocycles. The largest absolute Gasteiger partial charge is 0.324 e. The number of rotatable bonds is 5. The van der Waals surface area contributed by atoms with Crippen molar-refractivity contribution in [3.05, 3.63) is 11.1 Å². The fourth-order valence-electron chi connectivity index (χ4n) is 4.33. The fraction of sp³-hybridized carbons (Fsp3) is 0.800. The van der Waals surface area contributed by atoms with Crippen LogP contribution in [-0.2, 0) is 0 Å². The summed E-state index contributed by atoms with van der Waals surface area (Å²) >= 11 is 1.51. The topological polar surface area (TPSA) is 71.2 Å². The average Bonchev–Trinajstić information content (AvgIpc) is 3.11. The SMILES string of the molecule is CC(C)C(N)c1cnc(NC(=O)N(C2CCCCC2)C2CCCCC2)s1. The van der Waals surface area contributed by atoms with E-state index in [1.165, 1.54) is 49.9 Å². The van der Waals surface area contributed by atoms with Crippen molar-refractivity contribution >= 4 is 22.5 Å². The number of amides is 2. The van der Waals surface area contributed by atoms with Crippen LogP contribution in [0.2, 0.25) is 0 Å². The maximum Gasteiger partial charge on any atom is 0.324 e. The summed E-state index contributed by atoms with van der Waals surface area (Å²) in [6.07, 6.45) is 14.0. The summed E-state index contributed by atoms with van der Waals surface area (Å²) in [6.45, 7) is 4.22. The highest BCUT2D eigenvalue weighted by atomic mass is 32.1. The Labute approximate surface area is 161 Å². The molecule has 2 fully saturated rings. The van der Waals surface area contributed by atoms with Crippen LogP contribution >= 0.6 is 11.3 Å². The minimum Gasteiger partial charge on any atom is -0.323 e. The highest BCUT2D eigenvalue weighted by Crippen LogP contribution is 2.32. The molecule has 1 atom stereocenters. The number of thiazole rings is 1. The molecule has 1 aromatic rings. The molecule has 6 heteroatoms. The van der Waals surface area contributed by atoms with E-state index in [0.29, 0.717) is 23.1 Å². The smallest absolute Gasteiger partial charge is 0.323 e. The van der Waals surface area contributed by atoms with Crippen LogP contribution in [0.25, 0.3) is 0 Å². The number of nitrogens with zero attached hydrogens (tertiary/aromatic N) is 2. The van der Waals surface area contributed by atoms with Crippen LogP contribution in [0.1, 0.15) is 89.0 Å². The maximum atomic E-state index is 13.2. The molecule has 0 spiro atoms. The van der Waals surface area contributed by atoms with Crippen molar-refractivity contribution < 1.29 is 4.79 Å². The Morgan fingerprint density at radius 2 is 1.65 bits per heavy atom. The Morgan fingerprint density at radius 3 is 2.15 bits per heavy atom. The Bertz CT molecular complexity index is 558. The summed E-state index contributed by atoms with van der Waals surface area (Å²) in [4.78, 5) is 20.8. The lowest BCUT2D eigenvalue weighted by Gasteiger charge is -2.41. The third-order valence-electron chi connectivity index (χ3n) is 5.95. The molecule has 5 nitrogen and oxygen atoms in total. The number of nitrogens with two attached hydrogens (primary N) is 1. The molecule has 26 heavy (non-hydrogen) atoms. The Balaban J connectivity index is 1.70. The number of nitrogens with one attached hydrogen (secondary N) is 1. The molecule has 1 heterocycles. The standard InChI is InChI=1S/C20H34N4OS/c1-14(2)18(21)17-13-22-19(26-17)23-20(25)24(15-9-5-3-6-10-15)16-11-7-4-8-12-16/h13-16,18H,3-12,21H2,1-2H3,(H,22,23,25). The summed E-state index contributed by atoms with van der Waals surface area (Å²) in [5.74, 6) is 0.361. The molecule has 1 aromatic heterocycles. The first-order valence-electron chi connectivity index (χ1n) is 10.4. The molecule has 3 N–H and O–H groups in total. The minimum atomic E-state index is -0.0223. The fourth-order valence-corrected chi connectivity index (χ4v) is 5.31. The van der Waals surface area contributed by atoms with E-state index in [1.54, 1.807) is 0 Å². The van der Waals surface area contributed by atoms with Gasteiger partial charge in [-0.3, -0.25) is 5.32 Å². The molecule has 1 unspecified atom stereocenters. The number of anilines is 1. The van der Waals surface area contributed by atoms with Gasteiger partial charge in [0.2, 0.25) is 0 Å². The van der Waals surface area contributed by atoms with Gasteiger partial charge in [0, 0.05) is 29.2 Å². The number of urea groups is 1. The van der Waals surface area contributed by atoms with E-state index >= 15 is 0 Å². The second kappa shape index (κ2) is 9.18. The van der Waals surface area contributed by atoms with Crippen molar-refractivity contribution in [2.45, 2.75) is 96.2 Å². The van der Waals surface area contributed by atoms with Gasteiger partial charge in [-0.25, -0.2) is 9.78 Å². The summed E-state index contributed by atoms with van der Waals surface area (Å²) in [6, 6.07) is 0.808. The predicted octanol–water partition coefficient (Wildman–Crippen LogP) is 5.30. The van der Waals surface area contributed by atoms with E-state index in [-0.39, 0.29) is 12.1 Å². The van der Waals surface area contributed by atoms with Gasteiger partial charge in [0.15, 0.2) is 5.13 Å². The van der Waals surface area contributed by atoms with Gasteiger partial charge >= 0.3 is 6.03 Å². The molecule has 2 saturated carbocycles. The lowest BCUT2D eigenvalue weighted by atomic mass is 9.89.